The van der Waals surface area contributed by atoms with E-state index in [1.54, 1.807) is 12.1 Å². The SMILES string of the molecule is N#Cc1ccc(-c2nc(-c3ccccc3)nc(-c3ccc(-c4ccc5c(c4)Oc4ccccc4O5)c(-c4nc(-c5ccccc5)nc(-c5ccccc5)n4)c3)n2)cc1. The normalized spacial score (nSPS) is 11.4. The molecule has 9 nitrogen and oxygen atoms in total. The van der Waals surface area contributed by atoms with Gasteiger partial charge in [0.2, 0.25) is 0 Å². The summed E-state index contributed by atoms with van der Waals surface area (Å²) in [5, 5.41) is 9.45. The van der Waals surface area contributed by atoms with Gasteiger partial charge in [-0.15, -0.1) is 0 Å². The molecule has 0 unspecified atom stereocenters. The molecular formula is C49H29N7O2. The molecule has 0 saturated carbocycles. The number of ether oxygens (including phenoxy) is 2. The van der Waals surface area contributed by atoms with Gasteiger partial charge in [-0.1, -0.05) is 121 Å². The van der Waals surface area contributed by atoms with Crippen molar-refractivity contribution in [1.29, 1.82) is 5.26 Å². The average molecular weight is 748 g/mol. The van der Waals surface area contributed by atoms with Crippen molar-refractivity contribution in [2.75, 3.05) is 0 Å². The molecule has 0 atom stereocenters. The van der Waals surface area contributed by atoms with E-state index in [9.17, 15) is 5.26 Å². The van der Waals surface area contributed by atoms with Crippen LogP contribution >= 0.6 is 0 Å². The van der Waals surface area contributed by atoms with Crippen LogP contribution in [-0.4, -0.2) is 29.9 Å². The average Bonchev–Trinajstić information content (AvgIpc) is 3.31. The summed E-state index contributed by atoms with van der Waals surface area (Å²) in [4.78, 5) is 30.1. The molecule has 0 N–H and O–H groups in total. The van der Waals surface area contributed by atoms with Gasteiger partial charge in [0, 0.05) is 33.4 Å². The minimum atomic E-state index is 0.459. The molecule has 272 valence electrons. The van der Waals surface area contributed by atoms with Crippen molar-refractivity contribution in [3.63, 3.8) is 0 Å². The molecule has 10 rings (SSSR count). The van der Waals surface area contributed by atoms with Gasteiger partial charge in [0.15, 0.2) is 57.9 Å². The first-order chi connectivity index (χ1) is 28.6. The quantitative estimate of drug-likeness (QED) is 0.157. The van der Waals surface area contributed by atoms with Gasteiger partial charge in [-0.25, -0.2) is 29.9 Å². The van der Waals surface area contributed by atoms with Crippen molar-refractivity contribution in [2.24, 2.45) is 0 Å². The van der Waals surface area contributed by atoms with Crippen molar-refractivity contribution in [2.45, 2.75) is 0 Å². The molecule has 9 aromatic rings. The number of aromatic nitrogens is 6. The first-order valence-electron chi connectivity index (χ1n) is 18.6. The highest BCUT2D eigenvalue weighted by atomic mass is 16.6. The Kier molecular flexibility index (Phi) is 8.67. The van der Waals surface area contributed by atoms with Crippen LogP contribution in [0.15, 0.2) is 176 Å². The fourth-order valence-electron chi connectivity index (χ4n) is 6.79. The minimum absolute atomic E-state index is 0.459. The molecule has 0 spiro atoms. The lowest BCUT2D eigenvalue weighted by Gasteiger charge is -2.21. The van der Waals surface area contributed by atoms with E-state index >= 15 is 0 Å². The molecule has 1 aliphatic rings. The van der Waals surface area contributed by atoms with Crippen LogP contribution in [-0.2, 0) is 0 Å². The summed E-state index contributed by atoms with van der Waals surface area (Å²) in [6.45, 7) is 0. The van der Waals surface area contributed by atoms with E-state index < -0.39 is 0 Å². The Hall–Kier alpha value is -8.35. The Morgan fingerprint density at radius 2 is 0.707 bits per heavy atom. The van der Waals surface area contributed by atoms with Gasteiger partial charge in [-0.05, 0) is 65.7 Å². The van der Waals surface area contributed by atoms with Crippen LogP contribution in [0, 0.1) is 11.3 Å². The van der Waals surface area contributed by atoms with Crippen LogP contribution in [0.4, 0.5) is 0 Å². The van der Waals surface area contributed by atoms with E-state index in [1.807, 2.05) is 164 Å². The molecule has 0 saturated heterocycles. The van der Waals surface area contributed by atoms with E-state index in [0.29, 0.717) is 63.5 Å². The molecule has 0 fully saturated rings. The molecule has 7 aromatic carbocycles. The third-order valence-electron chi connectivity index (χ3n) is 9.70. The molecule has 3 heterocycles. The Labute approximate surface area is 333 Å². The highest BCUT2D eigenvalue weighted by Gasteiger charge is 2.23. The number of hydrogen-bond donors (Lipinski definition) is 0. The molecule has 1 aliphatic heterocycles. The molecule has 2 aromatic heterocycles. The second kappa shape index (κ2) is 14.7. The summed E-state index contributed by atoms with van der Waals surface area (Å²) in [7, 11) is 0. The van der Waals surface area contributed by atoms with Gasteiger partial charge < -0.3 is 9.47 Å². The number of nitrogens with zero attached hydrogens (tertiary/aromatic N) is 7. The van der Waals surface area contributed by atoms with Crippen molar-refractivity contribution < 1.29 is 9.47 Å². The van der Waals surface area contributed by atoms with Gasteiger partial charge >= 0.3 is 0 Å². The number of benzene rings is 7. The minimum Gasteiger partial charge on any atom is -0.450 e. The van der Waals surface area contributed by atoms with Crippen LogP contribution in [0.25, 0.3) is 79.5 Å². The Balaban J connectivity index is 1.19. The monoisotopic (exact) mass is 747 g/mol. The van der Waals surface area contributed by atoms with Gasteiger partial charge in [-0.2, -0.15) is 5.26 Å². The summed E-state index contributed by atoms with van der Waals surface area (Å²) in [5.41, 5.74) is 7.03. The fraction of sp³-hybridized carbons (Fsp3) is 0. The van der Waals surface area contributed by atoms with Crippen LogP contribution in [0.3, 0.4) is 0 Å². The summed E-state index contributed by atoms with van der Waals surface area (Å²) in [6, 6.07) is 58.5. The zero-order chi connectivity index (χ0) is 38.8. The molecule has 58 heavy (non-hydrogen) atoms. The summed E-state index contributed by atoms with van der Waals surface area (Å²) >= 11 is 0. The van der Waals surface area contributed by atoms with E-state index in [2.05, 4.69) is 6.07 Å². The summed E-state index contributed by atoms with van der Waals surface area (Å²) in [6.07, 6.45) is 0. The van der Waals surface area contributed by atoms with Crippen molar-refractivity contribution in [3.05, 3.63) is 181 Å². The van der Waals surface area contributed by atoms with Crippen molar-refractivity contribution >= 4 is 0 Å². The van der Waals surface area contributed by atoms with E-state index in [0.717, 1.165) is 44.5 Å². The highest BCUT2D eigenvalue weighted by molar-refractivity contribution is 5.86. The molecule has 0 aliphatic carbocycles. The van der Waals surface area contributed by atoms with Crippen LogP contribution in [0.5, 0.6) is 23.0 Å². The smallest absolute Gasteiger partial charge is 0.170 e. The number of rotatable bonds is 7. The second-order valence-electron chi connectivity index (χ2n) is 13.5. The first kappa shape index (κ1) is 34.2. The van der Waals surface area contributed by atoms with Gasteiger partial charge in [-0.3, -0.25) is 0 Å². The molecular weight excluding hydrogens is 719 g/mol. The fourth-order valence-corrected chi connectivity index (χ4v) is 6.79. The largest absolute Gasteiger partial charge is 0.450 e. The molecule has 9 heteroatoms. The maximum absolute atomic E-state index is 9.45. The van der Waals surface area contributed by atoms with Crippen LogP contribution < -0.4 is 9.47 Å². The maximum Gasteiger partial charge on any atom is 0.170 e. The van der Waals surface area contributed by atoms with E-state index in [-0.39, 0.29) is 0 Å². The van der Waals surface area contributed by atoms with Crippen molar-refractivity contribution in [1.82, 2.24) is 29.9 Å². The number of nitriles is 1. The molecule has 0 bridgehead atoms. The summed E-state index contributed by atoms with van der Waals surface area (Å²) in [5.74, 6) is 5.50. The number of fused-ring (bicyclic) bond motifs is 2. The van der Waals surface area contributed by atoms with Gasteiger partial charge in [0.05, 0.1) is 11.6 Å². The van der Waals surface area contributed by atoms with Gasteiger partial charge in [0.25, 0.3) is 0 Å². The lowest BCUT2D eigenvalue weighted by molar-refractivity contribution is 0.360. The van der Waals surface area contributed by atoms with E-state index in [1.165, 1.54) is 0 Å². The number of hydrogen-bond acceptors (Lipinski definition) is 9. The third-order valence-corrected chi connectivity index (χ3v) is 9.70. The first-order valence-corrected chi connectivity index (χ1v) is 18.6. The van der Waals surface area contributed by atoms with Crippen LogP contribution in [0.1, 0.15) is 5.56 Å². The zero-order valence-corrected chi connectivity index (χ0v) is 30.7. The van der Waals surface area contributed by atoms with Gasteiger partial charge in [0.1, 0.15) is 0 Å². The Bertz CT molecular complexity index is 2950. The van der Waals surface area contributed by atoms with E-state index in [4.69, 9.17) is 39.4 Å². The molecule has 0 amide bonds. The van der Waals surface area contributed by atoms with Crippen LogP contribution in [0.2, 0.25) is 0 Å². The highest BCUT2D eigenvalue weighted by Crippen LogP contribution is 2.47. The lowest BCUT2D eigenvalue weighted by atomic mass is 9.96. The second-order valence-corrected chi connectivity index (χ2v) is 13.5. The predicted molar refractivity (Wildman–Crippen MR) is 223 cm³/mol. The maximum atomic E-state index is 9.45. The lowest BCUT2D eigenvalue weighted by Crippen LogP contribution is -2.03. The Morgan fingerprint density at radius 3 is 1.22 bits per heavy atom. The Morgan fingerprint density at radius 1 is 0.310 bits per heavy atom. The van der Waals surface area contributed by atoms with Crippen molar-refractivity contribution in [3.8, 4) is 109 Å². The third kappa shape index (κ3) is 6.67. The topological polar surface area (TPSA) is 120 Å². The standard InChI is InChI=1S/C49H29N7O2/c50-30-31-20-22-35(23-21-31)47-51-44(32-12-4-1-5-13-32)53-48(54-47)37-24-26-38(36-25-27-42-43(29-36)58-41-19-11-10-18-40(41)57-42)39(28-37)49-55-45(33-14-6-2-7-15-33)52-46(56-49)34-16-8-3-9-17-34/h1-29H. The predicted octanol–water partition coefficient (Wildman–Crippen LogP) is 11.5. The molecule has 0 radical (unpaired) electrons. The zero-order valence-electron chi connectivity index (χ0n) is 30.7. The number of para-hydroxylation sites is 2. The summed E-state index contributed by atoms with van der Waals surface area (Å²) < 4.78 is 12.5.